The van der Waals surface area contributed by atoms with Crippen LogP contribution in [-0.2, 0) is 26.2 Å². The van der Waals surface area contributed by atoms with Crippen molar-refractivity contribution in [2.45, 2.75) is 63.1 Å². The first-order valence-electron chi connectivity index (χ1n) is 13.3. The van der Waals surface area contributed by atoms with Crippen LogP contribution in [0.5, 0.6) is 0 Å². The van der Waals surface area contributed by atoms with Gasteiger partial charge in [0.25, 0.3) is 10.0 Å². The molecule has 218 valence electrons. The maximum absolute atomic E-state index is 14.1. The monoisotopic (exact) mass is 679 g/mol. The van der Waals surface area contributed by atoms with Crippen molar-refractivity contribution < 1.29 is 18.0 Å². The molecule has 3 aromatic rings. The highest BCUT2D eigenvalue weighted by Gasteiger charge is 2.34. The second-order valence-corrected chi connectivity index (χ2v) is 13.8. The molecule has 0 unspecified atom stereocenters. The molecule has 0 saturated heterocycles. The van der Waals surface area contributed by atoms with E-state index in [-0.39, 0.29) is 23.4 Å². The highest BCUT2D eigenvalue weighted by molar-refractivity contribution is 9.10. The minimum Gasteiger partial charge on any atom is -0.352 e. The molecule has 1 fully saturated rings. The second-order valence-electron chi connectivity index (χ2n) is 10.2. The normalized spacial score (nSPS) is 14.5. The van der Waals surface area contributed by atoms with Crippen LogP contribution in [-0.4, -0.2) is 43.8 Å². The molecule has 0 aliphatic heterocycles. The van der Waals surface area contributed by atoms with Crippen molar-refractivity contribution in [3.05, 3.63) is 92.4 Å². The van der Waals surface area contributed by atoms with Gasteiger partial charge in [-0.05, 0) is 69.2 Å². The van der Waals surface area contributed by atoms with Gasteiger partial charge in [0.15, 0.2) is 0 Å². The van der Waals surface area contributed by atoms with Gasteiger partial charge in [-0.25, -0.2) is 8.42 Å². The van der Waals surface area contributed by atoms with Crippen molar-refractivity contribution in [1.82, 2.24) is 10.2 Å². The number of carbonyl (C=O) groups excluding carboxylic acids is 2. The predicted octanol–water partition coefficient (Wildman–Crippen LogP) is 6.74. The van der Waals surface area contributed by atoms with Gasteiger partial charge in [-0.3, -0.25) is 13.9 Å². The molecule has 1 aliphatic rings. The van der Waals surface area contributed by atoms with E-state index in [2.05, 4.69) is 21.2 Å². The highest BCUT2D eigenvalue weighted by Crippen LogP contribution is 2.29. The zero-order valence-corrected chi connectivity index (χ0v) is 26.7. The van der Waals surface area contributed by atoms with Crippen LogP contribution in [0, 0.1) is 6.92 Å². The van der Waals surface area contributed by atoms with E-state index in [4.69, 9.17) is 23.2 Å². The summed E-state index contributed by atoms with van der Waals surface area (Å²) in [5.41, 5.74) is 1.67. The fraction of sp³-hybridized carbons (Fsp3) is 0.333. The molecule has 7 nitrogen and oxygen atoms in total. The molecule has 3 aromatic carbocycles. The lowest BCUT2D eigenvalue weighted by molar-refractivity contribution is -0.139. The first-order valence-corrected chi connectivity index (χ1v) is 16.3. The van der Waals surface area contributed by atoms with Gasteiger partial charge in [-0.15, -0.1) is 0 Å². The molecule has 1 aliphatic carbocycles. The lowest BCUT2D eigenvalue weighted by Gasteiger charge is -2.33. The van der Waals surface area contributed by atoms with Crippen LogP contribution in [0.25, 0.3) is 0 Å². The van der Waals surface area contributed by atoms with Gasteiger partial charge < -0.3 is 10.2 Å². The van der Waals surface area contributed by atoms with E-state index < -0.39 is 28.5 Å². The molecule has 0 bridgehead atoms. The lowest BCUT2D eigenvalue weighted by atomic mass is 10.1. The standard InChI is InChI=1S/C30H32BrCl2N3O4S/c1-20-13-15-25(16-14-20)41(39,40)36(24-10-5-7-22(31)17-24)19-29(37)35(18-26-27(32)11-6-12-28(26)33)21(2)30(38)34-23-8-3-4-9-23/h5-7,10-17,21,23H,3-4,8-9,18-19H2,1-2H3,(H,34,38)/t21-/m0/s1. The molecule has 41 heavy (non-hydrogen) atoms. The number of rotatable bonds is 10. The lowest BCUT2D eigenvalue weighted by Crippen LogP contribution is -2.52. The molecule has 4 rings (SSSR count). The summed E-state index contributed by atoms with van der Waals surface area (Å²) < 4.78 is 29.6. The number of sulfonamides is 1. The highest BCUT2D eigenvalue weighted by atomic mass is 79.9. The topological polar surface area (TPSA) is 86.8 Å². The van der Waals surface area contributed by atoms with Crippen LogP contribution in [0.2, 0.25) is 10.0 Å². The third kappa shape index (κ3) is 7.63. The number of hydrogen-bond donors (Lipinski definition) is 1. The number of anilines is 1. The Kier molecular flexibility index (Phi) is 10.4. The molecule has 1 N–H and O–H groups in total. The Morgan fingerprint density at radius 2 is 1.61 bits per heavy atom. The van der Waals surface area contributed by atoms with Crippen molar-refractivity contribution in [1.29, 1.82) is 0 Å². The van der Waals surface area contributed by atoms with Gasteiger partial charge in [0.1, 0.15) is 12.6 Å². The summed E-state index contributed by atoms with van der Waals surface area (Å²) in [7, 11) is -4.16. The van der Waals surface area contributed by atoms with E-state index in [1.807, 2.05) is 6.92 Å². The number of nitrogens with one attached hydrogen (secondary N) is 1. The zero-order chi connectivity index (χ0) is 29.7. The molecule has 1 atom stereocenters. The number of nitrogens with zero attached hydrogens (tertiary/aromatic N) is 2. The molecule has 1 saturated carbocycles. The van der Waals surface area contributed by atoms with Gasteiger partial charge in [0.2, 0.25) is 11.8 Å². The van der Waals surface area contributed by atoms with E-state index in [0.717, 1.165) is 35.6 Å². The molecular formula is C30H32BrCl2N3O4S. The van der Waals surface area contributed by atoms with Crippen LogP contribution in [0.15, 0.2) is 76.1 Å². The molecule has 0 radical (unpaired) electrons. The van der Waals surface area contributed by atoms with Gasteiger partial charge in [-0.2, -0.15) is 0 Å². The molecule has 0 spiro atoms. The zero-order valence-electron chi connectivity index (χ0n) is 22.8. The summed E-state index contributed by atoms with van der Waals surface area (Å²) in [6, 6.07) is 17.3. The summed E-state index contributed by atoms with van der Waals surface area (Å²) in [6.07, 6.45) is 3.84. The van der Waals surface area contributed by atoms with Crippen molar-refractivity contribution in [2.75, 3.05) is 10.8 Å². The first kappa shape index (κ1) is 31.3. The number of carbonyl (C=O) groups is 2. The fourth-order valence-corrected chi connectivity index (χ4v) is 7.14. The number of amides is 2. The van der Waals surface area contributed by atoms with Crippen molar-refractivity contribution in [2.24, 2.45) is 0 Å². The largest absolute Gasteiger partial charge is 0.352 e. The summed E-state index contributed by atoms with van der Waals surface area (Å²) in [5.74, 6) is -0.894. The molecular weight excluding hydrogens is 649 g/mol. The Bertz CT molecular complexity index is 1490. The number of halogens is 3. The first-order chi connectivity index (χ1) is 19.5. The van der Waals surface area contributed by atoms with Crippen LogP contribution in [0.1, 0.15) is 43.7 Å². The van der Waals surface area contributed by atoms with Crippen LogP contribution in [0.4, 0.5) is 5.69 Å². The van der Waals surface area contributed by atoms with Crippen LogP contribution >= 0.6 is 39.1 Å². The average Bonchev–Trinajstić information content (AvgIpc) is 3.44. The third-order valence-corrected chi connectivity index (χ3v) is 10.2. The van der Waals surface area contributed by atoms with E-state index in [9.17, 15) is 18.0 Å². The maximum Gasteiger partial charge on any atom is 0.264 e. The Labute approximate surface area is 260 Å². The SMILES string of the molecule is Cc1ccc(S(=O)(=O)N(CC(=O)N(Cc2c(Cl)cccc2Cl)[C@@H](C)C(=O)NC2CCCC2)c2cccc(Br)c2)cc1. The van der Waals surface area contributed by atoms with Crippen LogP contribution < -0.4 is 9.62 Å². The summed E-state index contributed by atoms with van der Waals surface area (Å²) in [4.78, 5) is 28.8. The Morgan fingerprint density at radius 3 is 2.22 bits per heavy atom. The molecule has 2 amide bonds. The number of hydrogen-bond acceptors (Lipinski definition) is 4. The Balaban J connectivity index is 1.72. The average molecular weight is 681 g/mol. The minimum absolute atomic E-state index is 0.0450. The Morgan fingerprint density at radius 1 is 1.00 bits per heavy atom. The summed E-state index contributed by atoms with van der Waals surface area (Å²) >= 11 is 16.3. The van der Waals surface area contributed by atoms with E-state index >= 15 is 0 Å². The van der Waals surface area contributed by atoms with Crippen molar-refractivity contribution >= 4 is 66.7 Å². The molecule has 0 heterocycles. The van der Waals surface area contributed by atoms with E-state index in [1.54, 1.807) is 61.5 Å². The number of aryl methyl sites for hydroxylation is 1. The molecule has 11 heteroatoms. The van der Waals surface area contributed by atoms with Gasteiger partial charge >= 0.3 is 0 Å². The summed E-state index contributed by atoms with van der Waals surface area (Å²) in [5, 5.41) is 3.73. The van der Waals surface area contributed by atoms with Gasteiger partial charge in [0, 0.05) is 32.7 Å². The second kappa shape index (κ2) is 13.6. The Hall–Kier alpha value is -2.59. The number of benzene rings is 3. The quantitative estimate of drug-likeness (QED) is 0.257. The smallest absolute Gasteiger partial charge is 0.264 e. The predicted molar refractivity (Wildman–Crippen MR) is 167 cm³/mol. The van der Waals surface area contributed by atoms with E-state index in [1.165, 1.54) is 17.0 Å². The molecule has 0 aromatic heterocycles. The summed E-state index contributed by atoms with van der Waals surface area (Å²) in [6.45, 7) is 2.87. The third-order valence-electron chi connectivity index (χ3n) is 7.24. The van der Waals surface area contributed by atoms with Crippen molar-refractivity contribution in [3.63, 3.8) is 0 Å². The maximum atomic E-state index is 14.1. The van der Waals surface area contributed by atoms with Gasteiger partial charge in [0.05, 0.1) is 10.6 Å². The van der Waals surface area contributed by atoms with E-state index in [0.29, 0.717) is 25.8 Å². The van der Waals surface area contributed by atoms with Crippen molar-refractivity contribution in [3.8, 4) is 0 Å². The van der Waals surface area contributed by atoms with Crippen LogP contribution in [0.3, 0.4) is 0 Å². The fourth-order valence-electron chi connectivity index (χ4n) is 4.83. The minimum atomic E-state index is -4.16. The van der Waals surface area contributed by atoms with Gasteiger partial charge in [-0.1, -0.05) is 81.8 Å².